The number of fused-ring (bicyclic) bond motifs is 1. The minimum Gasteiger partial charge on any atom is -0.502 e. The second kappa shape index (κ2) is 11.0. The summed E-state index contributed by atoms with van der Waals surface area (Å²) in [5.41, 5.74) is 1.34. The Labute approximate surface area is 231 Å². The molecule has 0 unspecified atom stereocenters. The van der Waals surface area contributed by atoms with Crippen LogP contribution in [0.5, 0.6) is 11.5 Å². The van der Waals surface area contributed by atoms with Crippen molar-refractivity contribution in [1.29, 1.82) is 0 Å². The van der Waals surface area contributed by atoms with E-state index >= 15 is 0 Å². The lowest BCUT2D eigenvalue weighted by molar-refractivity contribution is -0.385. The second-order valence-corrected chi connectivity index (χ2v) is 9.72. The van der Waals surface area contributed by atoms with E-state index in [1.165, 1.54) is 28.8 Å². The van der Waals surface area contributed by atoms with Gasteiger partial charge in [0, 0.05) is 11.6 Å². The maximum atomic E-state index is 13.9. The molecular weight excluding hydrogens is 534 g/mol. The summed E-state index contributed by atoms with van der Waals surface area (Å²) < 4.78 is 12.4. The van der Waals surface area contributed by atoms with Gasteiger partial charge in [-0.25, -0.2) is 9.79 Å². The number of esters is 1. The third kappa shape index (κ3) is 4.90. The number of aromatic nitrogens is 1. The summed E-state index contributed by atoms with van der Waals surface area (Å²) in [6.45, 7) is 1.83. The Kier molecular flexibility index (Phi) is 7.30. The summed E-state index contributed by atoms with van der Waals surface area (Å²) >= 11 is 1.09. The highest BCUT2D eigenvalue weighted by Crippen LogP contribution is 2.35. The van der Waals surface area contributed by atoms with Crippen molar-refractivity contribution >= 4 is 34.8 Å². The van der Waals surface area contributed by atoms with Crippen molar-refractivity contribution in [2.75, 3.05) is 13.7 Å². The minimum absolute atomic E-state index is 0.129. The first kappa shape index (κ1) is 26.6. The maximum Gasteiger partial charge on any atom is 0.338 e. The number of benzene rings is 3. The van der Waals surface area contributed by atoms with Gasteiger partial charge in [0.25, 0.3) is 5.56 Å². The summed E-state index contributed by atoms with van der Waals surface area (Å²) in [5, 5.41) is 21.1. The lowest BCUT2D eigenvalue weighted by Gasteiger charge is -2.26. The Morgan fingerprint density at radius 2 is 1.88 bits per heavy atom. The van der Waals surface area contributed by atoms with Crippen molar-refractivity contribution in [3.63, 3.8) is 0 Å². The van der Waals surface area contributed by atoms with Gasteiger partial charge in [-0.05, 0) is 42.3 Å². The van der Waals surface area contributed by atoms with Crippen molar-refractivity contribution < 1.29 is 24.3 Å². The molecule has 1 aromatic heterocycles. The number of hydrogen-bond acceptors (Lipinski definition) is 9. The quantitative estimate of drug-likeness (QED) is 0.209. The van der Waals surface area contributed by atoms with E-state index in [1.54, 1.807) is 38.3 Å². The van der Waals surface area contributed by atoms with Gasteiger partial charge in [0.05, 0.1) is 40.5 Å². The maximum absolute atomic E-state index is 13.9. The van der Waals surface area contributed by atoms with Crippen LogP contribution in [0.15, 0.2) is 88.2 Å². The standard InChI is InChI=1S/C29H23N3O7S/c1-3-39-28(35)24-25(18-7-5-4-6-8-18)30-29-31(26(24)19-10-12-20(38-2)13-11-19)27(34)23(40-29)16-17-9-14-22(33)21(15-17)32(36)37/h4-16,26,33H,3H2,1-2H3/b23-16-/t26-/m0/s1. The van der Waals surface area contributed by atoms with Crippen LogP contribution in [0.4, 0.5) is 5.69 Å². The molecule has 0 spiro atoms. The Bertz CT molecular complexity index is 1820. The van der Waals surface area contributed by atoms with Crippen LogP contribution in [-0.4, -0.2) is 34.3 Å². The smallest absolute Gasteiger partial charge is 0.338 e. The third-order valence-corrected chi connectivity index (χ3v) is 7.28. The number of thiazole rings is 1. The average molecular weight is 558 g/mol. The molecule has 1 N–H and O–H groups in total. The summed E-state index contributed by atoms with van der Waals surface area (Å²) in [6.07, 6.45) is 1.50. The van der Waals surface area contributed by atoms with Crippen molar-refractivity contribution in [3.8, 4) is 11.5 Å². The van der Waals surface area contributed by atoms with Crippen molar-refractivity contribution in [1.82, 2.24) is 4.57 Å². The number of nitro benzene ring substituents is 1. The molecule has 0 saturated carbocycles. The molecule has 3 aromatic carbocycles. The van der Waals surface area contributed by atoms with Crippen LogP contribution in [0.3, 0.4) is 0 Å². The van der Waals surface area contributed by atoms with Crippen molar-refractivity contribution in [2.45, 2.75) is 13.0 Å². The van der Waals surface area contributed by atoms with Gasteiger partial charge < -0.3 is 14.6 Å². The fourth-order valence-electron chi connectivity index (χ4n) is 4.47. The number of carbonyl (C=O) groups excluding carboxylic acids is 1. The predicted octanol–water partition coefficient (Wildman–Crippen LogP) is 3.56. The summed E-state index contributed by atoms with van der Waals surface area (Å²) in [7, 11) is 1.54. The average Bonchev–Trinajstić information content (AvgIpc) is 3.27. The molecule has 0 aliphatic carbocycles. The topological polar surface area (TPSA) is 133 Å². The molecule has 11 heteroatoms. The second-order valence-electron chi connectivity index (χ2n) is 8.71. The van der Waals surface area contributed by atoms with E-state index in [4.69, 9.17) is 14.5 Å². The number of aromatic hydroxyl groups is 1. The minimum atomic E-state index is -0.868. The van der Waals surface area contributed by atoms with E-state index in [0.717, 1.165) is 11.3 Å². The normalized spacial score (nSPS) is 14.8. The Balaban J connectivity index is 1.80. The van der Waals surface area contributed by atoms with Crippen molar-refractivity contribution in [3.05, 3.63) is 125 Å². The first-order valence-electron chi connectivity index (χ1n) is 12.2. The lowest BCUT2D eigenvalue weighted by Crippen LogP contribution is -2.40. The molecule has 1 aliphatic rings. The molecule has 202 valence electrons. The predicted molar refractivity (Wildman–Crippen MR) is 149 cm³/mol. The lowest BCUT2D eigenvalue weighted by atomic mass is 9.93. The highest BCUT2D eigenvalue weighted by atomic mass is 32.1. The highest BCUT2D eigenvalue weighted by molar-refractivity contribution is 7.07. The van der Waals surface area contributed by atoms with Gasteiger partial charge in [0.2, 0.25) is 0 Å². The van der Waals surface area contributed by atoms with Crippen LogP contribution in [0.2, 0.25) is 0 Å². The number of hydrogen-bond donors (Lipinski definition) is 1. The van der Waals surface area contributed by atoms with Gasteiger partial charge in [-0.3, -0.25) is 19.5 Å². The summed E-state index contributed by atoms with van der Waals surface area (Å²) in [4.78, 5) is 43.1. The van der Waals surface area contributed by atoms with Crippen LogP contribution in [0, 0.1) is 10.1 Å². The molecule has 1 aliphatic heterocycles. The first-order valence-corrected chi connectivity index (χ1v) is 13.0. The number of rotatable bonds is 7. The Hall–Kier alpha value is -5.03. The number of methoxy groups -OCH3 is 1. The van der Waals surface area contributed by atoms with Gasteiger partial charge in [0.15, 0.2) is 10.6 Å². The molecule has 0 radical (unpaired) electrons. The van der Waals surface area contributed by atoms with Crippen LogP contribution in [0.1, 0.15) is 29.7 Å². The molecule has 4 aromatic rings. The molecule has 5 rings (SSSR count). The highest BCUT2D eigenvalue weighted by Gasteiger charge is 2.35. The van der Waals surface area contributed by atoms with E-state index < -0.39 is 33.9 Å². The summed E-state index contributed by atoms with van der Waals surface area (Å²) in [6, 6.07) is 19.2. The number of carbonyl (C=O) groups is 1. The van der Waals surface area contributed by atoms with E-state index in [1.807, 2.05) is 30.3 Å². The molecule has 40 heavy (non-hydrogen) atoms. The molecule has 0 saturated heterocycles. The first-order chi connectivity index (χ1) is 19.3. The van der Waals surface area contributed by atoms with Crippen LogP contribution < -0.4 is 19.6 Å². The van der Waals surface area contributed by atoms with Gasteiger partial charge in [0.1, 0.15) is 5.75 Å². The SMILES string of the molecule is CCOC(=O)C1=C(c2ccccc2)N=c2s/c(=C\c3ccc(O)c([N+](=O)[O-])c3)c(=O)n2[C@H]1c1ccc(OC)cc1. The van der Waals surface area contributed by atoms with Gasteiger partial charge in [-0.1, -0.05) is 59.9 Å². The Morgan fingerprint density at radius 1 is 1.15 bits per heavy atom. The van der Waals surface area contributed by atoms with Crippen LogP contribution in [-0.2, 0) is 9.53 Å². The van der Waals surface area contributed by atoms with Gasteiger partial charge in [-0.15, -0.1) is 0 Å². The number of phenols is 1. The zero-order chi connectivity index (χ0) is 28.4. The van der Waals surface area contributed by atoms with Gasteiger partial charge in [-0.2, -0.15) is 0 Å². The molecular formula is C29H23N3O7S. The molecule has 2 heterocycles. The van der Waals surface area contributed by atoms with Gasteiger partial charge >= 0.3 is 11.7 Å². The van der Waals surface area contributed by atoms with E-state index in [2.05, 4.69) is 0 Å². The molecule has 0 bridgehead atoms. The molecule has 0 fully saturated rings. The van der Waals surface area contributed by atoms with E-state index in [0.29, 0.717) is 32.9 Å². The summed E-state index contributed by atoms with van der Waals surface area (Å²) in [5.74, 6) is -0.473. The Morgan fingerprint density at radius 3 is 2.52 bits per heavy atom. The van der Waals surface area contributed by atoms with E-state index in [9.17, 15) is 24.8 Å². The number of nitrogens with zero attached hydrogens (tertiary/aromatic N) is 3. The third-order valence-electron chi connectivity index (χ3n) is 6.30. The number of nitro groups is 1. The number of phenolic OH excluding ortho intramolecular Hbond substituents is 1. The molecule has 1 atom stereocenters. The largest absolute Gasteiger partial charge is 0.502 e. The number of ether oxygens (including phenoxy) is 2. The van der Waals surface area contributed by atoms with E-state index in [-0.39, 0.29) is 16.7 Å². The monoisotopic (exact) mass is 557 g/mol. The molecule has 0 amide bonds. The van der Waals surface area contributed by atoms with Crippen LogP contribution in [0.25, 0.3) is 11.8 Å². The van der Waals surface area contributed by atoms with Crippen molar-refractivity contribution in [2.24, 2.45) is 4.99 Å². The van der Waals surface area contributed by atoms with Crippen LogP contribution >= 0.6 is 11.3 Å². The zero-order valence-corrected chi connectivity index (χ0v) is 22.3. The molecule has 10 nitrogen and oxygen atoms in total. The fourth-order valence-corrected chi connectivity index (χ4v) is 5.47. The fraction of sp³-hybridized carbons (Fsp3) is 0.138. The zero-order valence-electron chi connectivity index (χ0n) is 21.4.